The molecule has 3 aromatic rings. The van der Waals surface area contributed by atoms with Crippen LogP contribution in [-0.2, 0) is 6.18 Å². The Morgan fingerprint density at radius 1 is 1.04 bits per heavy atom. The molecule has 0 radical (unpaired) electrons. The van der Waals surface area contributed by atoms with E-state index in [0.29, 0.717) is 16.8 Å². The minimum absolute atomic E-state index is 0.102. The first-order chi connectivity index (χ1) is 11.7. The predicted octanol–water partition coefficient (Wildman–Crippen LogP) is 4.11. The largest absolute Gasteiger partial charge is 0.416 e. The summed E-state index contributed by atoms with van der Waals surface area (Å²) in [7, 11) is 0. The molecule has 0 aliphatic carbocycles. The normalized spacial score (nSPS) is 11.5. The van der Waals surface area contributed by atoms with Gasteiger partial charge in [-0.3, -0.25) is 9.59 Å². The zero-order chi connectivity index (χ0) is 18.2. The summed E-state index contributed by atoms with van der Waals surface area (Å²) >= 11 is 0. The first kappa shape index (κ1) is 16.8. The number of nitrogens with one attached hydrogen (secondary N) is 2. The lowest BCUT2D eigenvalue weighted by atomic mass is 10.1. The Kier molecular flexibility index (Phi) is 4.08. The smallest absolute Gasteiger partial charge is 0.322 e. The van der Waals surface area contributed by atoms with Crippen molar-refractivity contribution < 1.29 is 18.0 Å². The van der Waals surface area contributed by atoms with Crippen LogP contribution in [0.25, 0.3) is 10.9 Å². The Hall–Kier alpha value is -3.09. The number of aryl methyl sites for hydroxylation is 1. The molecule has 0 aliphatic rings. The van der Waals surface area contributed by atoms with Crippen molar-refractivity contribution >= 4 is 22.5 Å². The molecule has 0 unspecified atom stereocenters. The summed E-state index contributed by atoms with van der Waals surface area (Å²) in [6.45, 7) is 1.69. The Bertz CT molecular complexity index is 1010. The fraction of sp³-hybridized carbons (Fsp3) is 0.111. The highest BCUT2D eigenvalue weighted by atomic mass is 19.4. The van der Waals surface area contributed by atoms with E-state index in [2.05, 4.69) is 10.3 Å². The minimum atomic E-state index is -4.45. The molecular weight excluding hydrogens is 333 g/mol. The molecule has 4 nitrogen and oxygen atoms in total. The van der Waals surface area contributed by atoms with Gasteiger partial charge in [-0.15, -0.1) is 0 Å². The van der Waals surface area contributed by atoms with E-state index in [4.69, 9.17) is 0 Å². The van der Waals surface area contributed by atoms with E-state index in [-0.39, 0.29) is 11.1 Å². The number of rotatable bonds is 2. The summed E-state index contributed by atoms with van der Waals surface area (Å²) in [4.78, 5) is 26.5. The highest BCUT2D eigenvalue weighted by Crippen LogP contribution is 2.29. The van der Waals surface area contributed by atoms with Crippen LogP contribution in [0.1, 0.15) is 21.5 Å². The zero-order valence-corrected chi connectivity index (χ0v) is 13.1. The fourth-order valence-corrected chi connectivity index (χ4v) is 2.40. The van der Waals surface area contributed by atoms with Gasteiger partial charge in [-0.05, 0) is 54.8 Å². The van der Waals surface area contributed by atoms with E-state index in [1.165, 1.54) is 0 Å². The summed E-state index contributed by atoms with van der Waals surface area (Å²) in [5.74, 6) is -0.539. The third-order valence-corrected chi connectivity index (χ3v) is 3.76. The number of anilines is 1. The van der Waals surface area contributed by atoms with Gasteiger partial charge in [0, 0.05) is 16.8 Å². The lowest BCUT2D eigenvalue weighted by molar-refractivity contribution is -0.137. The van der Waals surface area contributed by atoms with E-state index >= 15 is 0 Å². The number of halogens is 3. The van der Waals surface area contributed by atoms with Crippen LogP contribution in [0.3, 0.4) is 0 Å². The van der Waals surface area contributed by atoms with Gasteiger partial charge in [0.15, 0.2) is 0 Å². The molecule has 0 atom stereocenters. The van der Waals surface area contributed by atoms with Crippen LogP contribution in [-0.4, -0.2) is 10.9 Å². The molecule has 0 saturated carbocycles. The van der Waals surface area contributed by atoms with Crippen LogP contribution in [0.5, 0.6) is 0 Å². The van der Waals surface area contributed by atoms with E-state index in [9.17, 15) is 22.8 Å². The molecule has 1 heterocycles. The van der Waals surface area contributed by atoms with Gasteiger partial charge in [0.2, 0.25) is 0 Å². The fourth-order valence-electron chi connectivity index (χ4n) is 2.40. The number of aromatic nitrogens is 1. The second-order valence-corrected chi connectivity index (χ2v) is 5.61. The van der Waals surface area contributed by atoms with Gasteiger partial charge in [0.25, 0.3) is 11.5 Å². The van der Waals surface area contributed by atoms with Crippen molar-refractivity contribution in [3.05, 3.63) is 75.6 Å². The number of benzene rings is 2. The molecule has 1 amide bonds. The van der Waals surface area contributed by atoms with E-state index < -0.39 is 17.6 Å². The van der Waals surface area contributed by atoms with Gasteiger partial charge in [-0.1, -0.05) is 6.07 Å². The van der Waals surface area contributed by atoms with Gasteiger partial charge in [-0.2, -0.15) is 13.2 Å². The van der Waals surface area contributed by atoms with Crippen molar-refractivity contribution in [2.45, 2.75) is 13.1 Å². The zero-order valence-electron chi connectivity index (χ0n) is 13.1. The predicted molar refractivity (Wildman–Crippen MR) is 88.7 cm³/mol. The van der Waals surface area contributed by atoms with Crippen LogP contribution < -0.4 is 10.9 Å². The maximum atomic E-state index is 12.5. The van der Waals surface area contributed by atoms with Gasteiger partial charge >= 0.3 is 6.18 Å². The van der Waals surface area contributed by atoms with Crippen molar-refractivity contribution in [3.8, 4) is 0 Å². The Morgan fingerprint density at radius 3 is 2.36 bits per heavy atom. The molecule has 1 aromatic heterocycles. The molecule has 0 spiro atoms. The summed E-state index contributed by atoms with van der Waals surface area (Å²) in [6, 6.07) is 10.7. The molecule has 0 fully saturated rings. The maximum Gasteiger partial charge on any atom is 0.416 e. The van der Waals surface area contributed by atoms with Crippen LogP contribution >= 0.6 is 0 Å². The van der Waals surface area contributed by atoms with Gasteiger partial charge in [-0.25, -0.2) is 0 Å². The van der Waals surface area contributed by atoms with E-state index in [0.717, 1.165) is 29.7 Å². The van der Waals surface area contributed by atoms with Gasteiger partial charge in [0.05, 0.1) is 11.1 Å². The third kappa shape index (κ3) is 3.55. The summed E-state index contributed by atoms with van der Waals surface area (Å²) < 4.78 is 37.6. The molecule has 7 heteroatoms. The number of fused-ring (bicyclic) bond motifs is 1. The molecule has 0 saturated heterocycles. The molecule has 0 aliphatic heterocycles. The number of hydrogen-bond donors (Lipinski definition) is 2. The number of pyridine rings is 1. The Labute approximate surface area is 140 Å². The molecule has 25 heavy (non-hydrogen) atoms. The summed E-state index contributed by atoms with van der Waals surface area (Å²) in [5.41, 5.74) is 0.624. The number of carbonyl (C=O) groups is 1. The lowest BCUT2D eigenvalue weighted by Gasteiger charge is -2.09. The quantitative estimate of drug-likeness (QED) is 0.734. The lowest BCUT2D eigenvalue weighted by Crippen LogP contribution is -2.13. The Morgan fingerprint density at radius 2 is 1.72 bits per heavy atom. The minimum Gasteiger partial charge on any atom is -0.322 e. The highest BCUT2D eigenvalue weighted by Gasteiger charge is 2.30. The van der Waals surface area contributed by atoms with Crippen LogP contribution in [0.4, 0.5) is 18.9 Å². The number of aromatic amines is 1. The molecule has 2 N–H and O–H groups in total. The average Bonchev–Trinajstić information content (AvgIpc) is 2.55. The number of carbonyl (C=O) groups excluding carboxylic acids is 1. The maximum absolute atomic E-state index is 12.5. The van der Waals surface area contributed by atoms with Crippen molar-refractivity contribution in [1.82, 2.24) is 4.98 Å². The van der Waals surface area contributed by atoms with Crippen LogP contribution in [0, 0.1) is 6.92 Å². The van der Waals surface area contributed by atoms with Crippen LogP contribution in [0.15, 0.2) is 53.3 Å². The Balaban J connectivity index is 1.84. The van der Waals surface area contributed by atoms with E-state index in [1.54, 1.807) is 31.2 Å². The first-order valence-corrected chi connectivity index (χ1v) is 7.36. The van der Waals surface area contributed by atoms with E-state index in [1.807, 2.05) is 0 Å². The first-order valence-electron chi connectivity index (χ1n) is 7.36. The summed E-state index contributed by atoms with van der Waals surface area (Å²) in [6.07, 6.45) is -4.45. The third-order valence-electron chi connectivity index (χ3n) is 3.76. The number of hydrogen-bond acceptors (Lipinski definition) is 2. The monoisotopic (exact) mass is 346 g/mol. The van der Waals surface area contributed by atoms with Crippen molar-refractivity contribution in [2.75, 3.05) is 5.32 Å². The molecule has 128 valence electrons. The van der Waals surface area contributed by atoms with Gasteiger partial charge < -0.3 is 10.3 Å². The molecular formula is C18H13F3N2O2. The van der Waals surface area contributed by atoms with Crippen LogP contribution in [0.2, 0.25) is 0 Å². The van der Waals surface area contributed by atoms with Crippen molar-refractivity contribution in [1.29, 1.82) is 0 Å². The van der Waals surface area contributed by atoms with Gasteiger partial charge in [0.1, 0.15) is 0 Å². The molecule has 0 bridgehead atoms. The number of alkyl halides is 3. The number of H-pyrrole nitrogens is 1. The number of amides is 1. The van der Waals surface area contributed by atoms with Crippen molar-refractivity contribution in [3.63, 3.8) is 0 Å². The average molecular weight is 346 g/mol. The topological polar surface area (TPSA) is 62.0 Å². The summed E-state index contributed by atoms with van der Waals surface area (Å²) in [5, 5.41) is 3.41. The standard InChI is InChI=1S/C18H13F3N2O2/c1-10-8-12-4-7-14(9-15(12)23-16(10)24)22-17(25)11-2-5-13(6-3-11)18(19,20)21/h2-9H,1H3,(H,22,25)(H,23,24). The SMILES string of the molecule is Cc1cc2ccc(NC(=O)c3ccc(C(F)(F)F)cc3)cc2[nH]c1=O. The second-order valence-electron chi connectivity index (χ2n) is 5.61. The second kappa shape index (κ2) is 6.08. The highest BCUT2D eigenvalue weighted by molar-refractivity contribution is 6.05. The van der Waals surface area contributed by atoms with Crippen molar-refractivity contribution in [2.24, 2.45) is 0 Å². The molecule has 2 aromatic carbocycles. The molecule has 3 rings (SSSR count).